The number of anilines is 2. The number of halogens is 2. The summed E-state index contributed by atoms with van der Waals surface area (Å²) in [6, 6.07) is 16.2. The number of rotatable bonds is 4. The SMILES string of the molecule is O=C(Nc1ccc(NO)cc1)C1C(c2ccccc2)C1(Cl)Cl. The Hall–Kier alpha value is -1.75. The molecule has 1 aliphatic rings. The Bertz CT molecular complexity index is 674. The van der Waals surface area contributed by atoms with Gasteiger partial charge in [0.25, 0.3) is 0 Å². The van der Waals surface area contributed by atoms with Gasteiger partial charge in [-0.25, -0.2) is 0 Å². The van der Waals surface area contributed by atoms with Gasteiger partial charge in [0.05, 0.1) is 11.6 Å². The summed E-state index contributed by atoms with van der Waals surface area (Å²) in [5.74, 6) is -0.923. The highest BCUT2D eigenvalue weighted by atomic mass is 35.5. The summed E-state index contributed by atoms with van der Waals surface area (Å²) < 4.78 is -1.09. The highest BCUT2D eigenvalue weighted by Gasteiger charge is 2.67. The molecule has 0 aromatic heterocycles. The van der Waals surface area contributed by atoms with E-state index in [1.54, 1.807) is 24.3 Å². The molecule has 2 aromatic carbocycles. The van der Waals surface area contributed by atoms with Crippen molar-refractivity contribution in [3.63, 3.8) is 0 Å². The number of alkyl halides is 2. The number of hydrogen-bond donors (Lipinski definition) is 3. The van der Waals surface area contributed by atoms with Gasteiger partial charge in [-0.15, -0.1) is 23.2 Å². The van der Waals surface area contributed by atoms with E-state index in [2.05, 4.69) is 5.32 Å². The Labute approximate surface area is 138 Å². The average molecular weight is 337 g/mol. The molecule has 3 N–H and O–H groups in total. The van der Waals surface area contributed by atoms with E-state index in [1.165, 1.54) is 0 Å². The first-order chi connectivity index (χ1) is 10.5. The Morgan fingerprint density at radius 1 is 1.00 bits per heavy atom. The molecular weight excluding hydrogens is 323 g/mol. The Morgan fingerprint density at radius 2 is 1.59 bits per heavy atom. The van der Waals surface area contributed by atoms with Crippen LogP contribution in [0.15, 0.2) is 54.6 Å². The minimum Gasteiger partial charge on any atom is -0.326 e. The summed E-state index contributed by atoms with van der Waals surface area (Å²) in [5, 5.41) is 11.6. The van der Waals surface area contributed by atoms with Crippen LogP contribution in [-0.4, -0.2) is 15.4 Å². The number of benzene rings is 2. The molecule has 0 radical (unpaired) electrons. The highest BCUT2D eigenvalue weighted by molar-refractivity contribution is 6.53. The number of amides is 1. The molecule has 2 unspecified atom stereocenters. The second-order valence-electron chi connectivity index (χ2n) is 5.22. The van der Waals surface area contributed by atoms with Crippen molar-refractivity contribution in [1.82, 2.24) is 0 Å². The van der Waals surface area contributed by atoms with E-state index in [4.69, 9.17) is 28.4 Å². The minimum absolute atomic E-state index is 0.213. The van der Waals surface area contributed by atoms with E-state index in [0.717, 1.165) is 5.56 Å². The van der Waals surface area contributed by atoms with Gasteiger partial charge in [-0.1, -0.05) is 30.3 Å². The van der Waals surface area contributed by atoms with Crippen molar-refractivity contribution in [1.29, 1.82) is 0 Å². The summed E-state index contributed by atoms with van der Waals surface area (Å²) in [6.07, 6.45) is 0. The van der Waals surface area contributed by atoms with Gasteiger partial charge in [0, 0.05) is 11.6 Å². The zero-order valence-corrected chi connectivity index (χ0v) is 13.0. The second-order valence-corrected chi connectivity index (χ2v) is 6.66. The minimum atomic E-state index is -1.09. The van der Waals surface area contributed by atoms with Gasteiger partial charge >= 0.3 is 0 Å². The Kier molecular flexibility index (Phi) is 4.00. The number of hydrogen-bond acceptors (Lipinski definition) is 3. The fourth-order valence-corrected chi connectivity index (χ4v) is 3.40. The molecule has 4 nitrogen and oxygen atoms in total. The van der Waals surface area contributed by atoms with Gasteiger partial charge in [0.1, 0.15) is 4.33 Å². The van der Waals surface area contributed by atoms with Crippen LogP contribution in [0.3, 0.4) is 0 Å². The van der Waals surface area contributed by atoms with Gasteiger partial charge in [-0.2, -0.15) is 0 Å². The second kappa shape index (κ2) is 5.80. The van der Waals surface area contributed by atoms with Crippen LogP contribution in [-0.2, 0) is 4.79 Å². The van der Waals surface area contributed by atoms with E-state index in [-0.39, 0.29) is 11.8 Å². The molecule has 114 valence electrons. The number of carbonyl (C=O) groups is 1. The molecule has 1 amide bonds. The van der Waals surface area contributed by atoms with Crippen molar-refractivity contribution in [2.75, 3.05) is 10.8 Å². The quantitative estimate of drug-likeness (QED) is 0.583. The third-order valence-electron chi connectivity index (χ3n) is 3.78. The standard InChI is InChI=1S/C16H14Cl2N2O2/c17-16(18)13(10-4-2-1-3-5-10)14(16)15(21)19-11-6-8-12(20-22)9-7-11/h1-9,13-14,20,22H,(H,19,21). The molecule has 1 saturated carbocycles. The molecule has 2 atom stereocenters. The summed E-state index contributed by atoms with van der Waals surface area (Å²) in [4.78, 5) is 12.4. The zero-order chi connectivity index (χ0) is 15.7. The van der Waals surface area contributed by atoms with Crippen LogP contribution in [0.1, 0.15) is 11.5 Å². The molecule has 0 aliphatic heterocycles. The predicted molar refractivity (Wildman–Crippen MR) is 87.6 cm³/mol. The first kappa shape index (κ1) is 15.2. The summed E-state index contributed by atoms with van der Waals surface area (Å²) in [7, 11) is 0. The van der Waals surface area contributed by atoms with Crippen LogP contribution in [0.25, 0.3) is 0 Å². The molecule has 22 heavy (non-hydrogen) atoms. The maximum absolute atomic E-state index is 12.4. The molecule has 1 aliphatic carbocycles. The summed E-state index contributed by atoms with van der Waals surface area (Å²) >= 11 is 12.6. The van der Waals surface area contributed by atoms with Gasteiger partial charge in [-0.3, -0.25) is 15.5 Å². The van der Waals surface area contributed by atoms with E-state index in [9.17, 15) is 4.79 Å². The highest BCUT2D eigenvalue weighted by Crippen LogP contribution is 2.65. The molecule has 3 rings (SSSR count). The maximum Gasteiger partial charge on any atom is 0.231 e. The lowest BCUT2D eigenvalue weighted by molar-refractivity contribution is -0.117. The van der Waals surface area contributed by atoms with E-state index in [1.807, 2.05) is 35.8 Å². The topological polar surface area (TPSA) is 61.4 Å². The van der Waals surface area contributed by atoms with Crippen LogP contribution in [0.5, 0.6) is 0 Å². The monoisotopic (exact) mass is 336 g/mol. The van der Waals surface area contributed by atoms with Crippen LogP contribution >= 0.6 is 23.2 Å². The molecular formula is C16H14Cl2N2O2. The van der Waals surface area contributed by atoms with E-state index >= 15 is 0 Å². The first-order valence-corrected chi connectivity index (χ1v) is 7.53. The lowest BCUT2D eigenvalue weighted by Crippen LogP contribution is -2.17. The number of nitrogens with one attached hydrogen (secondary N) is 2. The van der Waals surface area contributed by atoms with Crippen molar-refractivity contribution in [3.8, 4) is 0 Å². The van der Waals surface area contributed by atoms with Crippen LogP contribution in [0.2, 0.25) is 0 Å². The molecule has 2 aromatic rings. The fraction of sp³-hybridized carbons (Fsp3) is 0.188. The van der Waals surface area contributed by atoms with Gasteiger partial charge in [0.15, 0.2) is 0 Å². The van der Waals surface area contributed by atoms with Crippen LogP contribution in [0.4, 0.5) is 11.4 Å². The van der Waals surface area contributed by atoms with Crippen molar-refractivity contribution in [3.05, 3.63) is 60.2 Å². The molecule has 0 bridgehead atoms. The molecule has 0 saturated heterocycles. The van der Waals surface area contributed by atoms with Gasteiger partial charge < -0.3 is 5.32 Å². The Balaban J connectivity index is 1.72. The molecule has 0 spiro atoms. The lowest BCUT2D eigenvalue weighted by atomic mass is 10.1. The summed E-state index contributed by atoms with van der Waals surface area (Å²) in [5.41, 5.74) is 4.14. The van der Waals surface area contributed by atoms with Crippen molar-refractivity contribution < 1.29 is 10.0 Å². The van der Waals surface area contributed by atoms with E-state index in [0.29, 0.717) is 11.4 Å². The normalized spacial score (nSPS) is 22.0. The maximum atomic E-state index is 12.4. The zero-order valence-electron chi connectivity index (χ0n) is 11.5. The van der Waals surface area contributed by atoms with E-state index < -0.39 is 10.3 Å². The van der Waals surface area contributed by atoms with Crippen molar-refractivity contribution >= 4 is 40.5 Å². The van der Waals surface area contributed by atoms with Crippen LogP contribution < -0.4 is 10.8 Å². The largest absolute Gasteiger partial charge is 0.326 e. The van der Waals surface area contributed by atoms with Crippen molar-refractivity contribution in [2.24, 2.45) is 5.92 Å². The van der Waals surface area contributed by atoms with Crippen molar-refractivity contribution in [2.45, 2.75) is 10.3 Å². The molecule has 1 fully saturated rings. The van der Waals surface area contributed by atoms with Gasteiger partial charge in [-0.05, 0) is 29.8 Å². The summed E-state index contributed by atoms with van der Waals surface area (Å²) in [6.45, 7) is 0. The van der Waals surface area contributed by atoms with Crippen LogP contribution in [0, 0.1) is 5.92 Å². The smallest absolute Gasteiger partial charge is 0.231 e. The third-order valence-corrected chi connectivity index (χ3v) is 4.72. The van der Waals surface area contributed by atoms with Gasteiger partial charge in [0.2, 0.25) is 5.91 Å². The fourth-order valence-electron chi connectivity index (χ4n) is 2.58. The third kappa shape index (κ3) is 2.77. The predicted octanol–water partition coefficient (Wildman–Crippen LogP) is 4.01. The Morgan fingerprint density at radius 3 is 2.18 bits per heavy atom. The first-order valence-electron chi connectivity index (χ1n) is 6.78. The molecule has 6 heteroatoms. The lowest BCUT2D eigenvalue weighted by Gasteiger charge is -2.06. The average Bonchev–Trinajstić information content (AvgIpc) is 3.11. The number of carbonyl (C=O) groups excluding carboxylic acids is 1. The molecule has 0 heterocycles.